The molecule has 23 heavy (non-hydrogen) atoms. The Morgan fingerprint density at radius 2 is 1.74 bits per heavy atom. The Kier molecular flexibility index (Phi) is 4.89. The predicted molar refractivity (Wildman–Crippen MR) is 92.9 cm³/mol. The van der Waals surface area contributed by atoms with Crippen LogP contribution in [0.4, 0.5) is 0 Å². The third-order valence-corrected chi connectivity index (χ3v) is 4.24. The van der Waals surface area contributed by atoms with Crippen molar-refractivity contribution in [3.05, 3.63) is 83.6 Å². The van der Waals surface area contributed by atoms with Crippen molar-refractivity contribution in [2.45, 2.75) is 25.9 Å². The molecule has 1 N–H and O–H groups in total. The summed E-state index contributed by atoms with van der Waals surface area (Å²) in [4.78, 5) is 14.7. The molecule has 0 saturated heterocycles. The zero-order valence-corrected chi connectivity index (χ0v) is 13.4. The first-order valence-electron chi connectivity index (χ1n) is 8.06. The highest BCUT2D eigenvalue weighted by atomic mass is 16.1. The van der Waals surface area contributed by atoms with Gasteiger partial charge in [-0.2, -0.15) is 0 Å². The lowest BCUT2D eigenvalue weighted by molar-refractivity contribution is 0.0956. The van der Waals surface area contributed by atoms with Crippen molar-refractivity contribution in [1.29, 1.82) is 0 Å². The monoisotopic (exact) mass is 306 g/mol. The average Bonchev–Trinajstić information content (AvgIpc) is 2.59. The van der Waals surface area contributed by atoms with E-state index in [9.17, 15) is 4.79 Å². The van der Waals surface area contributed by atoms with Crippen molar-refractivity contribution in [1.82, 2.24) is 10.2 Å². The molecule has 0 saturated carbocycles. The van der Waals surface area contributed by atoms with Gasteiger partial charge < -0.3 is 5.32 Å². The lowest BCUT2D eigenvalue weighted by Gasteiger charge is -2.33. The van der Waals surface area contributed by atoms with E-state index in [1.165, 1.54) is 5.56 Å². The van der Waals surface area contributed by atoms with Crippen molar-refractivity contribution in [3.63, 3.8) is 0 Å². The highest BCUT2D eigenvalue weighted by molar-refractivity contribution is 5.95. The SMILES string of the molecule is C[C@@H]1CC=C(NC(=O)c2ccccc2)CN1Cc1ccccc1. The lowest BCUT2D eigenvalue weighted by atomic mass is 10.1. The van der Waals surface area contributed by atoms with Crippen LogP contribution in [0.25, 0.3) is 0 Å². The number of amides is 1. The number of carbonyl (C=O) groups excluding carboxylic acids is 1. The zero-order chi connectivity index (χ0) is 16.1. The number of carbonyl (C=O) groups is 1. The van der Waals surface area contributed by atoms with Crippen LogP contribution in [-0.4, -0.2) is 23.4 Å². The summed E-state index contributed by atoms with van der Waals surface area (Å²) in [7, 11) is 0. The van der Waals surface area contributed by atoms with Gasteiger partial charge in [-0.15, -0.1) is 0 Å². The standard InChI is InChI=1S/C20H22N2O/c1-16-12-13-19(21-20(23)18-10-6-3-7-11-18)15-22(16)14-17-8-4-2-5-9-17/h2-11,13,16H,12,14-15H2,1H3,(H,21,23)/t16-/m1/s1. The van der Waals surface area contributed by atoms with E-state index < -0.39 is 0 Å². The van der Waals surface area contributed by atoms with Crippen LogP contribution in [0.3, 0.4) is 0 Å². The van der Waals surface area contributed by atoms with E-state index in [4.69, 9.17) is 0 Å². The van der Waals surface area contributed by atoms with Crippen LogP contribution in [0.5, 0.6) is 0 Å². The molecule has 1 aliphatic heterocycles. The van der Waals surface area contributed by atoms with Gasteiger partial charge in [0.25, 0.3) is 5.91 Å². The molecule has 2 aromatic carbocycles. The molecule has 0 fully saturated rings. The summed E-state index contributed by atoms with van der Waals surface area (Å²) in [6.45, 7) is 3.91. The molecular formula is C20H22N2O. The van der Waals surface area contributed by atoms with E-state index in [1.807, 2.05) is 36.4 Å². The second-order valence-electron chi connectivity index (χ2n) is 6.02. The Balaban J connectivity index is 1.64. The molecule has 118 valence electrons. The fraction of sp³-hybridized carbons (Fsp3) is 0.250. The predicted octanol–water partition coefficient (Wildman–Crippen LogP) is 3.59. The number of rotatable bonds is 4. The molecule has 3 heteroatoms. The molecule has 0 aromatic heterocycles. The largest absolute Gasteiger partial charge is 0.325 e. The van der Waals surface area contributed by atoms with Gasteiger partial charge in [0.1, 0.15) is 0 Å². The third-order valence-electron chi connectivity index (χ3n) is 4.24. The van der Waals surface area contributed by atoms with Gasteiger partial charge in [0.05, 0.1) is 0 Å². The fourth-order valence-electron chi connectivity index (χ4n) is 2.83. The number of benzene rings is 2. The van der Waals surface area contributed by atoms with Gasteiger partial charge in [-0.05, 0) is 31.0 Å². The molecule has 0 bridgehead atoms. The minimum absolute atomic E-state index is 0.0361. The van der Waals surface area contributed by atoms with Crippen molar-refractivity contribution in [2.75, 3.05) is 6.54 Å². The molecule has 2 aromatic rings. The maximum absolute atomic E-state index is 12.3. The van der Waals surface area contributed by atoms with Crippen LogP contribution in [0.2, 0.25) is 0 Å². The summed E-state index contributed by atoms with van der Waals surface area (Å²) in [5.74, 6) is -0.0361. The van der Waals surface area contributed by atoms with E-state index in [0.717, 1.165) is 25.2 Å². The highest BCUT2D eigenvalue weighted by Gasteiger charge is 2.21. The van der Waals surface area contributed by atoms with Crippen LogP contribution in [-0.2, 0) is 6.54 Å². The van der Waals surface area contributed by atoms with Gasteiger partial charge >= 0.3 is 0 Å². The Bertz CT molecular complexity index is 679. The summed E-state index contributed by atoms with van der Waals surface area (Å²) in [5.41, 5.74) is 2.99. The van der Waals surface area contributed by atoms with Crippen molar-refractivity contribution in [3.8, 4) is 0 Å². The third kappa shape index (κ3) is 4.08. The van der Waals surface area contributed by atoms with Gasteiger partial charge in [0.15, 0.2) is 0 Å². The molecule has 0 radical (unpaired) electrons. The molecular weight excluding hydrogens is 284 g/mol. The van der Waals surface area contributed by atoms with Crippen molar-refractivity contribution in [2.24, 2.45) is 0 Å². The molecule has 3 rings (SSSR count). The molecule has 0 aliphatic carbocycles. The quantitative estimate of drug-likeness (QED) is 0.936. The highest BCUT2D eigenvalue weighted by Crippen LogP contribution is 2.18. The van der Waals surface area contributed by atoms with Crippen molar-refractivity contribution < 1.29 is 4.79 Å². The second kappa shape index (κ2) is 7.25. The molecule has 1 amide bonds. The van der Waals surface area contributed by atoms with Gasteiger partial charge in [0.2, 0.25) is 0 Å². The molecule has 3 nitrogen and oxygen atoms in total. The topological polar surface area (TPSA) is 32.3 Å². The van der Waals surface area contributed by atoms with E-state index in [-0.39, 0.29) is 5.91 Å². The Morgan fingerprint density at radius 3 is 2.43 bits per heavy atom. The van der Waals surface area contributed by atoms with Crippen LogP contribution in [0.15, 0.2) is 72.4 Å². The molecule has 0 unspecified atom stereocenters. The van der Waals surface area contributed by atoms with Crippen LogP contribution in [0, 0.1) is 0 Å². The van der Waals surface area contributed by atoms with Crippen molar-refractivity contribution >= 4 is 5.91 Å². The summed E-state index contributed by atoms with van der Waals surface area (Å²) < 4.78 is 0. The molecule has 0 spiro atoms. The first-order chi connectivity index (χ1) is 11.2. The van der Waals surface area contributed by atoms with Crippen LogP contribution in [0.1, 0.15) is 29.3 Å². The summed E-state index contributed by atoms with van der Waals surface area (Å²) in [5, 5.41) is 3.05. The fourth-order valence-corrected chi connectivity index (χ4v) is 2.83. The number of nitrogens with zero attached hydrogens (tertiary/aromatic N) is 1. The maximum atomic E-state index is 12.3. The first kappa shape index (κ1) is 15.5. The molecule has 1 aliphatic rings. The van der Waals surface area contributed by atoms with Gasteiger partial charge in [-0.1, -0.05) is 54.6 Å². The Morgan fingerprint density at radius 1 is 1.09 bits per heavy atom. The summed E-state index contributed by atoms with van der Waals surface area (Å²) in [6.07, 6.45) is 3.10. The second-order valence-corrected chi connectivity index (χ2v) is 6.02. The Labute approximate surface area is 137 Å². The zero-order valence-electron chi connectivity index (χ0n) is 13.4. The normalized spacial score (nSPS) is 18.3. The summed E-state index contributed by atoms with van der Waals surface area (Å²) in [6, 6.07) is 20.3. The first-order valence-corrected chi connectivity index (χ1v) is 8.06. The van der Waals surface area contributed by atoms with Crippen LogP contribution >= 0.6 is 0 Å². The molecule has 1 atom stereocenters. The van der Waals surface area contributed by atoms with E-state index in [0.29, 0.717) is 11.6 Å². The number of nitrogens with one attached hydrogen (secondary N) is 1. The van der Waals surface area contributed by atoms with E-state index in [2.05, 4.69) is 47.5 Å². The minimum Gasteiger partial charge on any atom is -0.325 e. The Hall–Kier alpha value is -2.39. The van der Waals surface area contributed by atoms with E-state index >= 15 is 0 Å². The maximum Gasteiger partial charge on any atom is 0.255 e. The minimum atomic E-state index is -0.0361. The summed E-state index contributed by atoms with van der Waals surface area (Å²) >= 11 is 0. The number of hydrogen-bond acceptors (Lipinski definition) is 2. The van der Waals surface area contributed by atoms with Gasteiger partial charge in [0, 0.05) is 30.4 Å². The molecule has 1 heterocycles. The lowest BCUT2D eigenvalue weighted by Crippen LogP contribution is -2.41. The van der Waals surface area contributed by atoms with Gasteiger partial charge in [-0.25, -0.2) is 0 Å². The number of hydrogen-bond donors (Lipinski definition) is 1. The smallest absolute Gasteiger partial charge is 0.255 e. The average molecular weight is 306 g/mol. The van der Waals surface area contributed by atoms with Crippen LogP contribution < -0.4 is 5.32 Å². The van der Waals surface area contributed by atoms with E-state index in [1.54, 1.807) is 0 Å². The van der Waals surface area contributed by atoms with Gasteiger partial charge in [-0.3, -0.25) is 9.69 Å².